The maximum absolute atomic E-state index is 5.44. The molecule has 1 aromatic rings. The van der Waals surface area contributed by atoms with Crippen molar-refractivity contribution in [3.63, 3.8) is 0 Å². The molecule has 1 rings (SSSR count). The van der Waals surface area contributed by atoms with Gasteiger partial charge >= 0.3 is 0 Å². The van der Waals surface area contributed by atoms with E-state index >= 15 is 0 Å². The topological polar surface area (TPSA) is 42.1 Å². The van der Waals surface area contributed by atoms with Gasteiger partial charge in [0.1, 0.15) is 0 Å². The highest BCUT2D eigenvalue weighted by molar-refractivity contribution is 7.13. The van der Waals surface area contributed by atoms with Crippen LogP contribution in [0.2, 0.25) is 0 Å². The van der Waals surface area contributed by atoms with Crippen LogP contribution in [0, 0.1) is 0 Å². The molecule has 0 aromatic carbocycles. The second-order valence-corrected chi connectivity index (χ2v) is 3.52. The molecule has 1 aromatic heterocycles. The van der Waals surface area contributed by atoms with Crippen LogP contribution < -0.4 is 10.6 Å². The molecule has 3 nitrogen and oxygen atoms in total. The van der Waals surface area contributed by atoms with E-state index in [9.17, 15) is 0 Å². The Labute approximate surface area is 77.2 Å². The first-order valence-corrected chi connectivity index (χ1v) is 5.01. The number of thiazole rings is 1. The number of hydrogen-bond donors (Lipinski definition) is 1. The number of rotatable bonds is 4. The van der Waals surface area contributed by atoms with Gasteiger partial charge in [0, 0.05) is 25.5 Å². The van der Waals surface area contributed by atoms with E-state index in [4.69, 9.17) is 5.73 Å². The molecule has 0 radical (unpaired) electrons. The summed E-state index contributed by atoms with van der Waals surface area (Å²) in [5.74, 6) is 0. The first-order valence-electron chi connectivity index (χ1n) is 4.13. The first-order chi connectivity index (χ1) is 5.77. The quantitative estimate of drug-likeness (QED) is 0.764. The number of aryl methyl sites for hydroxylation is 1. The van der Waals surface area contributed by atoms with Gasteiger partial charge in [-0.25, -0.2) is 4.98 Å². The minimum atomic E-state index is 0.678. The van der Waals surface area contributed by atoms with Crippen molar-refractivity contribution in [1.29, 1.82) is 0 Å². The van der Waals surface area contributed by atoms with Gasteiger partial charge in [-0.2, -0.15) is 0 Å². The molecule has 0 unspecified atom stereocenters. The zero-order valence-corrected chi connectivity index (χ0v) is 8.40. The summed E-state index contributed by atoms with van der Waals surface area (Å²) in [7, 11) is 2.02. The maximum atomic E-state index is 5.44. The lowest BCUT2D eigenvalue weighted by molar-refractivity contribution is 0.874. The highest BCUT2D eigenvalue weighted by Gasteiger charge is 2.03. The largest absolute Gasteiger partial charge is 0.350 e. The SMILES string of the molecule is CCc1csc(N(C)CCN)n1. The van der Waals surface area contributed by atoms with Gasteiger partial charge < -0.3 is 10.6 Å². The Balaban J connectivity index is 2.61. The summed E-state index contributed by atoms with van der Waals surface area (Å²) in [5.41, 5.74) is 6.61. The first kappa shape index (κ1) is 9.48. The van der Waals surface area contributed by atoms with Crippen LogP contribution in [-0.4, -0.2) is 25.1 Å². The van der Waals surface area contributed by atoms with Crippen molar-refractivity contribution in [2.24, 2.45) is 5.73 Å². The fraction of sp³-hybridized carbons (Fsp3) is 0.625. The summed E-state index contributed by atoms with van der Waals surface area (Å²) in [5, 5.41) is 3.17. The Morgan fingerprint density at radius 1 is 1.67 bits per heavy atom. The Kier molecular flexibility index (Phi) is 3.49. The highest BCUT2D eigenvalue weighted by atomic mass is 32.1. The molecule has 0 aliphatic rings. The van der Waals surface area contributed by atoms with Gasteiger partial charge in [-0.15, -0.1) is 11.3 Å². The van der Waals surface area contributed by atoms with Crippen molar-refractivity contribution in [2.45, 2.75) is 13.3 Å². The van der Waals surface area contributed by atoms with Crippen molar-refractivity contribution in [3.05, 3.63) is 11.1 Å². The normalized spacial score (nSPS) is 10.2. The molecule has 0 aliphatic carbocycles. The number of aromatic nitrogens is 1. The molecular formula is C8H15N3S. The van der Waals surface area contributed by atoms with Gasteiger partial charge in [0.25, 0.3) is 0 Å². The summed E-state index contributed by atoms with van der Waals surface area (Å²) in [6.45, 7) is 3.66. The van der Waals surface area contributed by atoms with E-state index in [0.717, 1.165) is 18.1 Å². The predicted octanol–water partition coefficient (Wildman–Crippen LogP) is 1.10. The summed E-state index contributed by atoms with van der Waals surface area (Å²) < 4.78 is 0. The molecule has 0 spiro atoms. The zero-order valence-electron chi connectivity index (χ0n) is 7.58. The van der Waals surface area contributed by atoms with Gasteiger partial charge in [0.15, 0.2) is 5.13 Å². The summed E-state index contributed by atoms with van der Waals surface area (Å²) >= 11 is 1.68. The minimum Gasteiger partial charge on any atom is -0.350 e. The summed E-state index contributed by atoms with van der Waals surface area (Å²) in [6.07, 6.45) is 1.01. The van der Waals surface area contributed by atoms with E-state index < -0.39 is 0 Å². The van der Waals surface area contributed by atoms with Crippen LogP contribution in [0.15, 0.2) is 5.38 Å². The molecular weight excluding hydrogens is 170 g/mol. The highest BCUT2D eigenvalue weighted by Crippen LogP contribution is 2.18. The van der Waals surface area contributed by atoms with E-state index in [0.29, 0.717) is 6.54 Å². The molecule has 68 valence electrons. The second kappa shape index (κ2) is 4.42. The lowest BCUT2D eigenvalue weighted by atomic mass is 10.4. The second-order valence-electron chi connectivity index (χ2n) is 2.69. The lowest BCUT2D eigenvalue weighted by Gasteiger charge is -2.13. The third kappa shape index (κ3) is 2.19. The van der Waals surface area contributed by atoms with E-state index in [2.05, 4.69) is 22.2 Å². The van der Waals surface area contributed by atoms with Gasteiger partial charge in [0.2, 0.25) is 0 Å². The van der Waals surface area contributed by atoms with E-state index in [1.807, 2.05) is 7.05 Å². The van der Waals surface area contributed by atoms with Crippen molar-refractivity contribution >= 4 is 16.5 Å². The Morgan fingerprint density at radius 2 is 2.42 bits per heavy atom. The van der Waals surface area contributed by atoms with Crippen LogP contribution in [0.5, 0.6) is 0 Å². The lowest BCUT2D eigenvalue weighted by Crippen LogP contribution is -2.24. The average molecular weight is 185 g/mol. The summed E-state index contributed by atoms with van der Waals surface area (Å²) in [6, 6.07) is 0. The van der Waals surface area contributed by atoms with Gasteiger partial charge in [-0.05, 0) is 6.42 Å². The predicted molar refractivity (Wildman–Crippen MR) is 53.8 cm³/mol. The molecule has 2 N–H and O–H groups in total. The van der Waals surface area contributed by atoms with Crippen LogP contribution in [0.25, 0.3) is 0 Å². The van der Waals surface area contributed by atoms with Gasteiger partial charge in [0.05, 0.1) is 5.69 Å². The molecule has 0 aliphatic heterocycles. The molecule has 0 fully saturated rings. The number of anilines is 1. The van der Waals surface area contributed by atoms with E-state index in [1.54, 1.807) is 11.3 Å². The number of nitrogens with two attached hydrogens (primary N) is 1. The molecule has 12 heavy (non-hydrogen) atoms. The van der Waals surface area contributed by atoms with Gasteiger partial charge in [-0.1, -0.05) is 6.92 Å². The van der Waals surface area contributed by atoms with Crippen LogP contribution in [0.3, 0.4) is 0 Å². The standard InChI is InChI=1S/C8H15N3S/c1-3-7-6-12-8(10-7)11(2)5-4-9/h6H,3-5,9H2,1-2H3. The third-order valence-corrected chi connectivity index (χ3v) is 2.70. The van der Waals surface area contributed by atoms with E-state index in [1.165, 1.54) is 5.69 Å². The van der Waals surface area contributed by atoms with Crippen LogP contribution in [0.4, 0.5) is 5.13 Å². The Morgan fingerprint density at radius 3 is 2.92 bits per heavy atom. The monoisotopic (exact) mass is 185 g/mol. The molecule has 0 amide bonds. The minimum absolute atomic E-state index is 0.678. The zero-order chi connectivity index (χ0) is 8.97. The van der Waals surface area contributed by atoms with Crippen LogP contribution in [0.1, 0.15) is 12.6 Å². The molecule has 0 saturated carbocycles. The molecule has 0 atom stereocenters. The Hall–Kier alpha value is -0.610. The van der Waals surface area contributed by atoms with Crippen molar-refractivity contribution in [2.75, 3.05) is 25.0 Å². The Bertz CT molecular complexity index is 234. The molecule has 4 heteroatoms. The average Bonchev–Trinajstić information content (AvgIpc) is 2.52. The fourth-order valence-corrected chi connectivity index (χ4v) is 1.83. The van der Waals surface area contributed by atoms with Crippen LogP contribution >= 0.6 is 11.3 Å². The van der Waals surface area contributed by atoms with Crippen molar-refractivity contribution < 1.29 is 0 Å². The van der Waals surface area contributed by atoms with Gasteiger partial charge in [-0.3, -0.25) is 0 Å². The summed E-state index contributed by atoms with van der Waals surface area (Å²) in [4.78, 5) is 6.52. The third-order valence-electron chi connectivity index (χ3n) is 1.69. The fourth-order valence-electron chi connectivity index (χ4n) is 0.923. The number of likely N-dealkylation sites (N-methyl/N-ethyl adjacent to an activating group) is 1. The van der Waals surface area contributed by atoms with Crippen molar-refractivity contribution in [1.82, 2.24) is 4.98 Å². The maximum Gasteiger partial charge on any atom is 0.185 e. The van der Waals surface area contributed by atoms with E-state index in [-0.39, 0.29) is 0 Å². The molecule has 0 bridgehead atoms. The van der Waals surface area contributed by atoms with Crippen LogP contribution in [-0.2, 0) is 6.42 Å². The molecule has 0 saturated heterocycles. The molecule has 1 heterocycles. The number of hydrogen-bond acceptors (Lipinski definition) is 4. The number of nitrogens with zero attached hydrogens (tertiary/aromatic N) is 2. The van der Waals surface area contributed by atoms with Crippen molar-refractivity contribution in [3.8, 4) is 0 Å². The smallest absolute Gasteiger partial charge is 0.185 e.